The third-order valence-corrected chi connectivity index (χ3v) is 6.02. The average molecular weight is 425 g/mol. The highest BCUT2D eigenvalue weighted by Gasteiger charge is 2.33. The molecule has 1 atom stereocenters. The number of rotatable bonds is 3. The second kappa shape index (κ2) is 6.79. The van der Waals surface area contributed by atoms with E-state index in [-0.39, 0.29) is 16.2 Å². The van der Waals surface area contributed by atoms with Gasteiger partial charge >= 0.3 is 6.18 Å². The summed E-state index contributed by atoms with van der Waals surface area (Å²) in [5, 5.41) is 2.88. The molecule has 0 spiro atoms. The highest BCUT2D eigenvalue weighted by molar-refractivity contribution is 7.99. The van der Waals surface area contributed by atoms with E-state index in [1.807, 2.05) is 0 Å². The summed E-state index contributed by atoms with van der Waals surface area (Å²) >= 11 is 14.7. The molecule has 0 bridgehead atoms. The summed E-state index contributed by atoms with van der Waals surface area (Å²) in [6.45, 7) is 1.76. The molecule has 2 N–H and O–H groups in total. The van der Waals surface area contributed by atoms with Gasteiger partial charge in [-0.1, -0.05) is 35.0 Å². The fraction of sp³-hybridized carbons (Fsp3) is 0.214. The van der Waals surface area contributed by atoms with Gasteiger partial charge in [0.1, 0.15) is 11.0 Å². The number of halogens is 5. The monoisotopic (exact) mass is 424 g/mol. The molecule has 3 aromatic heterocycles. The summed E-state index contributed by atoms with van der Waals surface area (Å²) in [6, 6.07) is 2.45. The number of nitrogen functional groups attached to an aromatic ring is 1. The molecule has 0 aromatic carbocycles. The first kappa shape index (κ1) is 18.5. The number of nitrogens with two attached hydrogens (primary N) is 1. The highest BCUT2D eigenvalue weighted by Crippen LogP contribution is 2.40. The van der Waals surface area contributed by atoms with Crippen molar-refractivity contribution in [2.24, 2.45) is 0 Å². The Labute approximate surface area is 158 Å². The summed E-state index contributed by atoms with van der Waals surface area (Å²) in [5.41, 5.74) is 4.93. The van der Waals surface area contributed by atoms with E-state index in [0.29, 0.717) is 21.9 Å². The molecule has 1 unspecified atom stereocenters. The quantitative estimate of drug-likeness (QED) is 0.324. The van der Waals surface area contributed by atoms with E-state index in [0.717, 1.165) is 21.8 Å². The number of alkyl halides is 3. The van der Waals surface area contributed by atoms with Crippen molar-refractivity contribution in [1.82, 2.24) is 15.0 Å². The minimum atomic E-state index is -4.60. The van der Waals surface area contributed by atoms with Crippen LogP contribution in [0.5, 0.6) is 0 Å². The van der Waals surface area contributed by atoms with E-state index in [2.05, 4.69) is 15.0 Å². The van der Waals surface area contributed by atoms with Crippen LogP contribution in [0.3, 0.4) is 0 Å². The van der Waals surface area contributed by atoms with Crippen LogP contribution in [0, 0.1) is 0 Å². The molecule has 4 nitrogen and oxygen atoms in total. The minimum Gasteiger partial charge on any atom is -0.384 e. The summed E-state index contributed by atoms with van der Waals surface area (Å²) < 4.78 is 39.3. The van der Waals surface area contributed by atoms with Crippen LogP contribution < -0.4 is 5.73 Å². The molecule has 3 rings (SSSR count). The van der Waals surface area contributed by atoms with Crippen molar-refractivity contribution in [2.75, 3.05) is 5.73 Å². The molecule has 3 aromatic rings. The number of anilines is 1. The zero-order valence-corrected chi connectivity index (χ0v) is 15.6. The van der Waals surface area contributed by atoms with E-state index in [1.165, 1.54) is 11.3 Å². The second-order valence-electron chi connectivity index (χ2n) is 5.02. The van der Waals surface area contributed by atoms with Gasteiger partial charge in [0.2, 0.25) is 0 Å². The number of aromatic nitrogens is 3. The maximum Gasteiger partial charge on any atom is 0.433 e. The van der Waals surface area contributed by atoms with Gasteiger partial charge in [-0.05, 0) is 13.0 Å². The van der Waals surface area contributed by atoms with Crippen LogP contribution in [0.1, 0.15) is 23.6 Å². The maximum atomic E-state index is 12.8. The van der Waals surface area contributed by atoms with E-state index < -0.39 is 11.9 Å². The molecule has 0 saturated heterocycles. The van der Waals surface area contributed by atoms with E-state index in [9.17, 15) is 13.2 Å². The molecule has 0 aliphatic rings. The summed E-state index contributed by atoms with van der Waals surface area (Å²) in [7, 11) is 0. The second-order valence-corrected chi connectivity index (χ2v) is 7.97. The van der Waals surface area contributed by atoms with Gasteiger partial charge in [-0.3, -0.25) is 0 Å². The molecule has 0 amide bonds. The first-order chi connectivity index (χ1) is 11.6. The van der Waals surface area contributed by atoms with Crippen LogP contribution in [0.25, 0.3) is 10.1 Å². The van der Waals surface area contributed by atoms with Crippen LogP contribution in [0.15, 0.2) is 22.7 Å². The van der Waals surface area contributed by atoms with Gasteiger partial charge in [0.15, 0.2) is 10.9 Å². The lowest BCUT2D eigenvalue weighted by Crippen LogP contribution is -2.11. The van der Waals surface area contributed by atoms with Crippen molar-refractivity contribution in [3.8, 4) is 0 Å². The predicted octanol–water partition coefficient (Wildman–Crippen LogP) is 5.85. The van der Waals surface area contributed by atoms with Gasteiger partial charge in [-0.2, -0.15) is 13.2 Å². The summed E-state index contributed by atoms with van der Waals surface area (Å²) in [4.78, 5) is 11.7. The van der Waals surface area contributed by atoms with Crippen LogP contribution in [-0.2, 0) is 6.18 Å². The molecule has 11 heteroatoms. The van der Waals surface area contributed by atoms with Crippen LogP contribution in [-0.4, -0.2) is 15.0 Å². The molecule has 132 valence electrons. The standard InChI is InChI=1S/C14H9Cl2F3N4S2/c1-5(8-2-6-7(15)4-24-11(6)12(16)21-8)25-13-22-9(14(17,18)19)3-10(20)23-13/h2-5H,1H3,(H2,20,22,23). The van der Waals surface area contributed by atoms with Gasteiger partial charge < -0.3 is 5.73 Å². The minimum absolute atomic E-state index is 0.0886. The average Bonchev–Trinajstić information content (AvgIpc) is 2.88. The van der Waals surface area contributed by atoms with Gasteiger partial charge in [0, 0.05) is 16.8 Å². The van der Waals surface area contributed by atoms with Crippen molar-refractivity contribution >= 4 is 62.2 Å². The van der Waals surface area contributed by atoms with Crippen molar-refractivity contribution in [1.29, 1.82) is 0 Å². The fourth-order valence-corrected chi connectivity index (χ4v) is 4.38. The number of hydrogen-bond donors (Lipinski definition) is 1. The predicted molar refractivity (Wildman–Crippen MR) is 95.4 cm³/mol. The first-order valence-corrected chi connectivity index (χ1v) is 9.28. The Morgan fingerprint density at radius 2 is 1.92 bits per heavy atom. The van der Waals surface area contributed by atoms with E-state index >= 15 is 0 Å². The third kappa shape index (κ3) is 3.94. The fourth-order valence-electron chi connectivity index (χ4n) is 2.05. The molecule has 25 heavy (non-hydrogen) atoms. The molecule has 0 saturated carbocycles. The normalized spacial score (nSPS) is 13.4. The van der Waals surface area contributed by atoms with E-state index in [4.69, 9.17) is 28.9 Å². The van der Waals surface area contributed by atoms with E-state index in [1.54, 1.807) is 18.4 Å². The SMILES string of the molecule is CC(Sc1nc(N)cc(C(F)(F)F)n1)c1cc2c(Cl)csc2c(Cl)n1. The number of nitrogens with zero attached hydrogens (tertiary/aromatic N) is 3. The largest absolute Gasteiger partial charge is 0.433 e. The molecule has 0 aliphatic heterocycles. The Balaban J connectivity index is 1.94. The Bertz CT molecular complexity index is 946. The third-order valence-electron chi connectivity index (χ3n) is 3.20. The maximum absolute atomic E-state index is 12.8. The molecule has 0 radical (unpaired) electrons. The van der Waals surface area contributed by atoms with Crippen LogP contribution >= 0.6 is 46.3 Å². The number of pyridine rings is 1. The molecular formula is C14H9Cl2F3N4S2. The Morgan fingerprint density at radius 1 is 1.20 bits per heavy atom. The lowest BCUT2D eigenvalue weighted by Gasteiger charge is -2.12. The van der Waals surface area contributed by atoms with Crippen molar-refractivity contribution in [3.05, 3.63) is 39.1 Å². The van der Waals surface area contributed by atoms with Gasteiger partial charge in [-0.15, -0.1) is 11.3 Å². The van der Waals surface area contributed by atoms with Crippen LogP contribution in [0.4, 0.5) is 19.0 Å². The van der Waals surface area contributed by atoms with Crippen molar-refractivity contribution < 1.29 is 13.2 Å². The topological polar surface area (TPSA) is 64.7 Å². The van der Waals surface area contributed by atoms with Crippen LogP contribution in [0.2, 0.25) is 10.2 Å². The smallest absolute Gasteiger partial charge is 0.384 e. The van der Waals surface area contributed by atoms with Gasteiger partial charge in [0.05, 0.1) is 20.7 Å². The van der Waals surface area contributed by atoms with Crippen molar-refractivity contribution in [3.63, 3.8) is 0 Å². The number of thioether (sulfide) groups is 1. The number of thiophene rings is 1. The van der Waals surface area contributed by atoms with Gasteiger partial charge in [0.25, 0.3) is 0 Å². The summed E-state index contributed by atoms with van der Waals surface area (Å²) in [6.07, 6.45) is -4.60. The van der Waals surface area contributed by atoms with Crippen molar-refractivity contribution in [2.45, 2.75) is 23.5 Å². The lowest BCUT2D eigenvalue weighted by molar-refractivity contribution is -0.141. The zero-order valence-electron chi connectivity index (χ0n) is 12.4. The lowest BCUT2D eigenvalue weighted by atomic mass is 10.2. The highest BCUT2D eigenvalue weighted by atomic mass is 35.5. The summed E-state index contributed by atoms with van der Waals surface area (Å²) in [5.74, 6) is -0.251. The molecular weight excluding hydrogens is 416 g/mol. The Morgan fingerprint density at radius 3 is 2.60 bits per heavy atom. The molecule has 0 aliphatic carbocycles. The molecule has 0 fully saturated rings. The number of hydrogen-bond acceptors (Lipinski definition) is 6. The molecule has 3 heterocycles. The Kier molecular flexibility index (Phi) is 5.02. The Hall–Kier alpha value is -1.29. The number of fused-ring (bicyclic) bond motifs is 1. The van der Waals surface area contributed by atoms with Gasteiger partial charge in [-0.25, -0.2) is 15.0 Å². The first-order valence-electron chi connectivity index (χ1n) is 6.76. The zero-order chi connectivity index (χ0) is 18.4.